The smallest absolute Gasteiger partial charge is 0.0597 e. The Kier molecular flexibility index (Phi) is 3.61. The van der Waals surface area contributed by atoms with Crippen LogP contribution >= 0.6 is 0 Å². The highest BCUT2D eigenvalue weighted by Gasteiger charge is 2.22. The van der Waals surface area contributed by atoms with Crippen molar-refractivity contribution in [2.24, 2.45) is 18.7 Å². The van der Waals surface area contributed by atoms with Gasteiger partial charge in [-0.1, -0.05) is 0 Å². The SMILES string of the molecule is Cc1cc(CN2CCC(CCN)C2)n(C)n1. The molecule has 0 aliphatic carbocycles. The highest BCUT2D eigenvalue weighted by Crippen LogP contribution is 2.20. The van der Waals surface area contributed by atoms with Crippen LogP contribution in [0.2, 0.25) is 0 Å². The maximum Gasteiger partial charge on any atom is 0.0597 e. The molecule has 1 aromatic heterocycles. The lowest BCUT2D eigenvalue weighted by molar-refractivity contribution is 0.305. The summed E-state index contributed by atoms with van der Waals surface area (Å²) in [5.74, 6) is 0.805. The van der Waals surface area contributed by atoms with Crippen LogP contribution in [0.4, 0.5) is 0 Å². The average molecular weight is 222 g/mol. The Morgan fingerprint density at radius 3 is 3.00 bits per heavy atom. The Morgan fingerprint density at radius 2 is 2.38 bits per heavy atom. The second-order valence-electron chi connectivity index (χ2n) is 4.87. The molecule has 0 saturated carbocycles. The lowest BCUT2D eigenvalue weighted by Crippen LogP contribution is -2.22. The van der Waals surface area contributed by atoms with Crippen molar-refractivity contribution in [2.45, 2.75) is 26.3 Å². The van der Waals surface area contributed by atoms with Crippen LogP contribution in [0.3, 0.4) is 0 Å². The second kappa shape index (κ2) is 4.97. The molecule has 2 heterocycles. The molecule has 2 N–H and O–H groups in total. The van der Waals surface area contributed by atoms with E-state index >= 15 is 0 Å². The Bertz CT molecular complexity index is 345. The van der Waals surface area contributed by atoms with Gasteiger partial charge in [0.15, 0.2) is 0 Å². The lowest BCUT2D eigenvalue weighted by atomic mass is 10.1. The van der Waals surface area contributed by atoms with Gasteiger partial charge < -0.3 is 5.73 Å². The van der Waals surface area contributed by atoms with Crippen molar-refractivity contribution in [1.82, 2.24) is 14.7 Å². The standard InChI is InChI=1S/C12H22N4/c1-10-7-12(15(2)14-10)9-16-6-4-11(8-16)3-5-13/h7,11H,3-6,8-9,13H2,1-2H3. The Labute approximate surface area is 97.4 Å². The summed E-state index contributed by atoms with van der Waals surface area (Å²) in [6, 6.07) is 2.18. The molecule has 90 valence electrons. The van der Waals surface area contributed by atoms with Gasteiger partial charge in [0.05, 0.1) is 11.4 Å². The lowest BCUT2D eigenvalue weighted by Gasteiger charge is -2.15. The van der Waals surface area contributed by atoms with Gasteiger partial charge in [-0.3, -0.25) is 9.58 Å². The average Bonchev–Trinajstić information content (AvgIpc) is 2.76. The highest BCUT2D eigenvalue weighted by atomic mass is 15.3. The van der Waals surface area contributed by atoms with E-state index in [4.69, 9.17) is 5.73 Å². The number of hydrogen-bond donors (Lipinski definition) is 1. The fraction of sp³-hybridized carbons (Fsp3) is 0.750. The van der Waals surface area contributed by atoms with E-state index in [9.17, 15) is 0 Å². The van der Waals surface area contributed by atoms with Gasteiger partial charge in [-0.25, -0.2) is 0 Å². The van der Waals surface area contributed by atoms with Crippen molar-refractivity contribution in [1.29, 1.82) is 0 Å². The van der Waals surface area contributed by atoms with Crippen LogP contribution in [0.5, 0.6) is 0 Å². The van der Waals surface area contributed by atoms with E-state index in [1.807, 2.05) is 18.7 Å². The van der Waals surface area contributed by atoms with Gasteiger partial charge >= 0.3 is 0 Å². The van der Waals surface area contributed by atoms with Gasteiger partial charge in [0.2, 0.25) is 0 Å². The molecule has 1 fully saturated rings. The maximum atomic E-state index is 5.60. The Morgan fingerprint density at radius 1 is 1.56 bits per heavy atom. The molecule has 1 saturated heterocycles. The first-order valence-electron chi connectivity index (χ1n) is 6.11. The normalized spacial score (nSPS) is 21.8. The van der Waals surface area contributed by atoms with Gasteiger partial charge in [-0.15, -0.1) is 0 Å². The second-order valence-corrected chi connectivity index (χ2v) is 4.87. The predicted octanol–water partition coefficient (Wildman–Crippen LogP) is 0.899. The summed E-state index contributed by atoms with van der Waals surface area (Å²) in [4.78, 5) is 2.51. The first-order valence-corrected chi connectivity index (χ1v) is 6.11. The number of hydrogen-bond acceptors (Lipinski definition) is 3. The number of nitrogens with two attached hydrogens (primary N) is 1. The molecule has 1 aromatic rings. The van der Waals surface area contributed by atoms with E-state index in [-0.39, 0.29) is 0 Å². The summed E-state index contributed by atoms with van der Waals surface area (Å²) in [7, 11) is 2.02. The molecular formula is C12H22N4. The van der Waals surface area contributed by atoms with Gasteiger partial charge in [0, 0.05) is 20.1 Å². The Hall–Kier alpha value is -0.870. The summed E-state index contributed by atoms with van der Waals surface area (Å²) >= 11 is 0. The number of nitrogens with zero attached hydrogens (tertiary/aromatic N) is 3. The molecule has 0 amide bonds. The third kappa shape index (κ3) is 2.62. The Balaban J connectivity index is 1.89. The molecule has 0 aromatic carbocycles. The quantitative estimate of drug-likeness (QED) is 0.823. The number of aromatic nitrogens is 2. The maximum absolute atomic E-state index is 5.60. The van der Waals surface area contributed by atoms with Crippen LogP contribution in [0.15, 0.2) is 6.07 Å². The van der Waals surface area contributed by atoms with Crippen molar-refractivity contribution in [3.8, 4) is 0 Å². The fourth-order valence-electron chi connectivity index (χ4n) is 2.57. The fourth-order valence-corrected chi connectivity index (χ4v) is 2.57. The molecule has 0 radical (unpaired) electrons. The molecule has 0 spiro atoms. The number of likely N-dealkylation sites (tertiary alicyclic amines) is 1. The van der Waals surface area contributed by atoms with Gasteiger partial charge in [0.1, 0.15) is 0 Å². The first-order chi connectivity index (χ1) is 7.69. The minimum Gasteiger partial charge on any atom is -0.330 e. The summed E-state index contributed by atoms with van der Waals surface area (Å²) in [6.07, 6.45) is 2.47. The zero-order valence-corrected chi connectivity index (χ0v) is 10.3. The predicted molar refractivity (Wildman–Crippen MR) is 65.0 cm³/mol. The molecule has 4 nitrogen and oxygen atoms in total. The van der Waals surface area contributed by atoms with Crippen LogP contribution in [-0.4, -0.2) is 34.3 Å². The van der Waals surface area contributed by atoms with Crippen molar-refractivity contribution in [3.05, 3.63) is 17.5 Å². The van der Waals surface area contributed by atoms with E-state index in [0.29, 0.717) is 0 Å². The molecule has 4 heteroatoms. The van der Waals surface area contributed by atoms with Crippen LogP contribution < -0.4 is 5.73 Å². The summed E-state index contributed by atoms with van der Waals surface area (Å²) in [5, 5.41) is 4.38. The molecule has 16 heavy (non-hydrogen) atoms. The summed E-state index contributed by atoms with van der Waals surface area (Å²) in [5.41, 5.74) is 8.02. The minimum atomic E-state index is 0.805. The van der Waals surface area contributed by atoms with E-state index in [2.05, 4.69) is 16.1 Å². The molecule has 1 aliphatic rings. The monoisotopic (exact) mass is 222 g/mol. The summed E-state index contributed by atoms with van der Waals surface area (Å²) in [6.45, 7) is 6.29. The molecule has 0 bridgehead atoms. The van der Waals surface area contributed by atoms with Gasteiger partial charge in [-0.05, 0) is 44.8 Å². The van der Waals surface area contributed by atoms with Crippen LogP contribution in [0.1, 0.15) is 24.2 Å². The van der Waals surface area contributed by atoms with Crippen LogP contribution in [-0.2, 0) is 13.6 Å². The van der Waals surface area contributed by atoms with Gasteiger partial charge in [0.25, 0.3) is 0 Å². The largest absolute Gasteiger partial charge is 0.330 e. The van der Waals surface area contributed by atoms with Crippen molar-refractivity contribution < 1.29 is 0 Å². The van der Waals surface area contributed by atoms with Crippen LogP contribution in [0.25, 0.3) is 0 Å². The molecule has 1 aliphatic heterocycles. The van der Waals surface area contributed by atoms with E-state index in [1.165, 1.54) is 31.6 Å². The van der Waals surface area contributed by atoms with Crippen molar-refractivity contribution >= 4 is 0 Å². The third-order valence-electron chi connectivity index (χ3n) is 3.43. The molecule has 2 rings (SSSR count). The van der Waals surface area contributed by atoms with Crippen LogP contribution in [0, 0.1) is 12.8 Å². The van der Waals surface area contributed by atoms with E-state index < -0.39 is 0 Å². The third-order valence-corrected chi connectivity index (χ3v) is 3.43. The highest BCUT2D eigenvalue weighted by molar-refractivity contribution is 5.08. The molecular weight excluding hydrogens is 200 g/mol. The minimum absolute atomic E-state index is 0.805. The van der Waals surface area contributed by atoms with Gasteiger partial charge in [-0.2, -0.15) is 5.10 Å². The molecule has 1 unspecified atom stereocenters. The van der Waals surface area contributed by atoms with E-state index in [1.54, 1.807) is 0 Å². The van der Waals surface area contributed by atoms with E-state index in [0.717, 1.165) is 24.7 Å². The summed E-state index contributed by atoms with van der Waals surface area (Å²) < 4.78 is 1.99. The number of rotatable bonds is 4. The molecule has 1 atom stereocenters. The zero-order chi connectivity index (χ0) is 11.5. The van der Waals surface area contributed by atoms with Crippen molar-refractivity contribution in [2.75, 3.05) is 19.6 Å². The topological polar surface area (TPSA) is 47.1 Å². The number of aryl methyl sites for hydroxylation is 2. The zero-order valence-electron chi connectivity index (χ0n) is 10.3. The van der Waals surface area contributed by atoms with Crippen molar-refractivity contribution in [3.63, 3.8) is 0 Å². The first kappa shape index (κ1) is 11.6.